The van der Waals surface area contributed by atoms with E-state index in [1.165, 1.54) is 0 Å². The summed E-state index contributed by atoms with van der Waals surface area (Å²) in [4.78, 5) is 11.2. The summed E-state index contributed by atoms with van der Waals surface area (Å²) in [5.74, 6) is -0.431. The molecule has 0 radical (unpaired) electrons. The molecule has 0 fully saturated rings. The zero-order valence-electron chi connectivity index (χ0n) is 8.23. The lowest BCUT2D eigenvalue weighted by atomic mass is 10.2. The monoisotopic (exact) mass is 274 g/mol. The van der Waals surface area contributed by atoms with Crippen molar-refractivity contribution in [2.24, 2.45) is 0 Å². The number of amides is 1. The maximum atomic E-state index is 11.9. The smallest absolute Gasteiger partial charge is 0.530 e. The predicted molar refractivity (Wildman–Crippen MR) is 45.7 cm³/mol. The van der Waals surface area contributed by atoms with Gasteiger partial charge in [0.15, 0.2) is 0 Å². The lowest BCUT2D eigenvalue weighted by Crippen LogP contribution is -2.43. The highest BCUT2D eigenvalue weighted by molar-refractivity contribution is 7.87. The summed E-state index contributed by atoms with van der Waals surface area (Å²) in [6, 6.07) is 0. The molecule has 1 aliphatic heterocycles. The Bertz CT molecular complexity index is 441. The fourth-order valence-corrected chi connectivity index (χ4v) is 1.61. The SMILES string of the molecule is O=C([O-])N1CC=C(OS(=O)(=O)C(F)(F)F)CC1. The van der Waals surface area contributed by atoms with Gasteiger partial charge in [-0.15, -0.1) is 0 Å². The van der Waals surface area contributed by atoms with Crippen LogP contribution < -0.4 is 5.11 Å². The van der Waals surface area contributed by atoms with E-state index in [-0.39, 0.29) is 19.5 Å². The van der Waals surface area contributed by atoms with E-state index < -0.39 is 27.5 Å². The molecule has 6 nitrogen and oxygen atoms in total. The first-order chi connectivity index (χ1) is 7.63. The van der Waals surface area contributed by atoms with Gasteiger partial charge in [0.1, 0.15) is 11.9 Å². The predicted octanol–water partition coefficient (Wildman–Crippen LogP) is -0.214. The molecule has 1 aliphatic rings. The standard InChI is InChI=1S/C7H8F3NO5S/c8-7(9,10)17(14,15)16-5-1-3-11(4-2-5)6(12)13/h1H,2-4H2,(H,12,13)/p-1. The van der Waals surface area contributed by atoms with Gasteiger partial charge in [-0.3, -0.25) is 0 Å². The van der Waals surface area contributed by atoms with Crippen molar-refractivity contribution < 1.29 is 35.7 Å². The Labute approximate surface area is 94.4 Å². The lowest BCUT2D eigenvalue weighted by molar-refractivity contribution is -0.265. The van der Waals surface area contributed by atoms with Crippen molar-refractivity contribution in [3.63, 3.8) is 0 Å². The second-order valence-electron chi connectivity index (χ2n) is 3.12. The maximum Gasteiger partial charge on any atom is 0.534 e. The molecule has 0 aliphatic carbocycles. The van der Waals surface area contributed by atoms with Crippen LogP contribution in [0.25, 0.3) is 0 Å². The Morgan fingerprint density at radius 1 is 1.47 bits per heavy atom. The maximum absolute atomic E-state index is 11.9. The fourth-order valence-electron chi connectivity index (χ4n) is 1.08. The van der Waals surface area contributed by atoms with Crippen LogP contribution in [0.3, 0.4) is 0 Å². The number of carbonyl (C=O) groups excluding carboxylic acids is 1. The summed E-state index contributed by atoms with van der Waals surface area (Å²) in [6.45, 7) is -0.452. The van der Waals surface area contributed by atoms with Crippen LogP contribution in [0.1, 0.15) is 6.42 Å². The van der Waals surface area contributed by atoms with E-state index in [1.807, 2.05) is 0 Å². The van der Waals surface area contributed by atoms with Crippen LogP contribution >= 0.6 is 0 Å². The second-order valence-corrected chi connectivity index (χ2v) is 4.65. The normalized spacial score (nSPS) is 17.6. The van der Waals surface area contributed by atoms with E-state index in [2.05, 4.69) is 4.18 Å². The largest absolute Gasteiger partial charge is 0.534 e. The molecule has 1 amide bonds. The van der Waals surface area contributed by atoms with Crippen LogP contribution in [0, 0.1) is 0 Å². The Morgan fingerprint density at radius 3 is 2.41 bits per heavy atom. The first kappa shape index (κ1) is 13.6. The van der Waals surface area contributed by atoms with Gasteiger partial charge in [-0.2, -0.15) is 21.6 Å². The number of nitrogens with zero attached hydrogens (tertiary/aromatic N) is 1. The molecule has 0 aromatic rings. The quantitative estimate of drug-likeness (QED) is 0.513. The first-order valence-electron chi connectivity index (χ1n) is 4.29. The van der Waals surface area contributed by atoms with Gasteiger partial charge in [0.05, 0.1) is 0 Å². The molecule has 0 bridgehead atoms. The van der Waals surface area contributed by atoms with Crippen molar-refractivity contribution in [2.75, 3.05) is 13.1 Å². The van der Waals surface area contributed by atoms with E-state index in [9.17, 15) is 31.5 Å². The summed E-state index contributed by atoms with van der Waals surface area (Å²) >= 11 is 0. The Kier molecular flexibility index (Phi) is 3.55. The van der Waals surface area contributed by atoms with Crippen molar-refractivity contribution in [2.45, 2.75) is 11.9 Å². The van der Waals surface area contributed by atoms with Crippen molar-refractivity contribution in [3.05, 3.63) is 11.8 Å². The van der Waals surface area contributed by atoms with Crippen molar-refractivity contribution in [1.82, 2.24) is 4.90 Å². The van der Waals surface area contributed by atoms with Crippen LogP contribution in [0.2, 0.25) is 0 Å². The Hall–Kier alpha value is -1.45. The highest BCUT2D eigenvalue weighted by Crippen LogP contribution is 2.28. The molecule has 0 aromatic heterocycles. The van der Waals surface area contributed by atoms with Crippen LogP contribution in [-0.4, -0.2) is 38.0 Å². The van der Waals surface area contributed by atoms with E-state index in [1.54, 1.807) is 0 Å². The topological polar surface area (TPSA) is 86.7 Å². The van der Waals surface area contributed by atoms with Gasteiger partial charge < -0.3 is 19.0 Å². The lowest BCUT2D eigenvalue weighted by Gasteiger charge is -2.27. The molecule has 0 saturated heterocycles. The average molecular weight is 274 g/mol. The van der Waals surface area contributed by atoms with E-state index in [0.717, 1.165) is 11.0 Å². The van der Waals surface area contributed by atoms with E-state index in [4.69, 9.17) is 0 Å². The van der Waals surface area contributed by atoms with E-state index >= 15 is 0 Å². The van der Waals surface area contributed by atoms with Gasteiger partial charge in [-0.1, -0.05) is 0 Å². The summed E-state index contributed by atoms with van der Waals surface area (Å²) in [6.07, 6.45) is -0.801. The number of hydrogen-bond donors (Lipinski definition) is 0. The number of rotatable bonds is 2. The minimum Gasteiger partial charge on any atom is -0.530 e. The number of alkyl halides is 3. The average Bonchev–Trinajstić information content (AvgIpc) is 2.16. The van der Waals surface area contributed by atoms with Gasteiger partial charge in [0.25, 0.3) is 0 Å². The van der Waals surface area contributed by atoms with Crippen LogP contribution in [-0.2, 0) is 14.3 Å². The summed E-state index contributed by atoms with van der Waals surface area (Å²) in [5.41, 5.74) is -5.50. The minimum atomic E-state index is -5.68. The highest BCUT2D eigenvalue weighted by Gasteiger charge is 2.48. The van der Waals surface area contributed by atoms with Crippen molar-refractivity contribution >= 4 is 16.2 Å². The van der Waals surface area contributed by atoms with E-state index in [0.29, 0.717) is 0 Å². The van der Waals surface area contributed by atoms with Gasteiger partial charge in [-0.05, 0) is 6.08 Å². The van der Waals surface area contributed by atoms with Crippen molar-refractivity contribution in [3.8, 4) is 0 Å². The molecular formula is C7H7F3NO5S-. The van der Waals surface area contributed by atoms with Crippen LogP contribution in [0.5, 0.6) is 0 Å². The summed E-state index contributed by atoms with van der Waals surface area (Å²) in [7, 11) is -5.68. The molecule has 0 N–H and O–H groups in total. The molecule has 10 heteroatoms. The molecule has 0 saturated carbocycles. The number of hydrogen-bond acceptors (Lipinski definition) is 5. The summed E-state index contributed by atoms with van der Waals surface area (Å²) in [5, 5.41) is 10.4. The van der Waals surface area contributed by atoms with Gasteiger partial charge >= 0.3 is 15.6 Å². The molecule has 1 heterocycles. The molecule has 17 heavy (non-hydrogen) atoms. The summed E-state index contributed by atoms with van der Waals surface area (Å²) < 4.78 is 60.9. The van der Waals surface area contributed by atoms with Gasteiger partial charge in [0, 0.05) is 19.5 Å². The van der Waals surface area contributed by atoms with Gasteiger partial charge in [-0.25, -0.2) is 0 Å². The third-order valence-electron chi connectivity index (χ3n) is 1.93. The fraction of sp³-hybridized carbons (Fsp3) is 0.571. The molecule has 98 valence electrons. The van der Waals surface area contributed by atoms with Crippen molar-refractivity contribution in [1.29, 1.82) is 0 Å². The molecular weight excluding hydrogens is 267 g/mol. The van der Waals surface area contributed by atoms with Crippen LogP contribution in [0.15, 0.2) is 11.8 Å². The van der Waals surface area contributed by atoms with Crippen LogP contribution in [0.4, 0.5) is 18.0 Å². The minimum absolute atomic E-state index is 0.179. The number of carbonyl (C=O) groups is 1. The zero-order chi connectivity index (χ0) is 13.3. The number of carboxylic acid groups (broad SMARTS) is 1. The molecule has 0 aromatic carbocycles. The molecule has 1 rings (SSSR count). The third kappa shape index (κ3) is 3.25. The molecule has 0 spiro atoms. The third-order valence-corrected chi connectivity index (χ3v) is 2.93. The highest BCUT2D eigenvalue weighted by atomic mass is 32.2. The molecule has 0 atom stereocenters. The zero-order valence-corrected chi connectivity index (χ0v) is 9.05. The first-order valence-corrected chi connectivity index (χ1v) is 5.70. The molecule has 0 unspecified atom stereocenters. The second kappa shape index (κ2) is 4.43. The number of halogens is 3. The van der Waals surface area contributed by atoms with Gasteiger partial charge in [0.2, 0.25) is 0 Å². The Balaban J connectivity index is 2.71. The Morgan fingerprint density at radius 2 is 2.06 bits per heavy atom.